The molecule has 3 heteroatoms. The zero-order valence-electron chi connectivity index (χ0n) is 17.3. The van der Waals surface area contributed by atoms with Crippen LogP contribution in [0.5, 0.6) is 0 Å². The number of halogens is 1. The van der Waals surface area contributed by atoms with Gasteiger partial charge < -0.3 is 4.90 Å². The number of rotatable bonds is 10. The lowest BCUT2D eigenvalue weighted by Gasteiger charge is -2.21. The second-order valence-electron chi connectivity index (χ2n) is 7.50. The molecule has 28 heavy (non-hydrogen) atoms. The van der Waals surface area contributed by atoms with E-state index in [4.69, 9.17) is 5.26 Å². The van der Waals surface area contributed by atoms with Gasteiger partial charge in [-0.15, -0.1) is 0 Å². The van der Waals surface area contributed by atoms with Gasteiger partial charge in [0.1, 0.15) is 6.17 Å². The average molecular weight is 381 g/mol. The second-order valence-corrected chi connectivity index (χ2v) is 7.50. The summed E-state index contributed by atoms with van der Waals surface area (Å²) in [6, 6.07) is 21.1. The third-order valence-electron chi connectivity index (χ3n) is 5.16. The molecule has 1 fully saturated rings. The van der Waals surface area contributed by atoms with Crippen molar-refractivity contribution in [3.05, 3.63) is 71.3 Å². The van der Waals surface area contributed by atoms with Gasteiger partial charge in [0.2, 0.25) is 0 Å². The van der Waals surface area contributed by atoms with E-state index in [2.05, 4.69) is 66.4 Å². The summed E-state index contributed by atoms with van der Waals surface area (Å²) < 4.78 is 13.1. The highest BCUT2D eigenvalue weighted by Crippen LogP contribution is 2.43. The van der Waals surface area contributed by atoms with Crippen molar-refractivity contribution in [3.63, 3.8) is 0 Å². The fraction of sp³-hybridized carbons (Fsp3) is 0.480. The van der Waals surface area contributed by atoms with E-state index in [1.165, 1.54) is 43.0 Å². The van der Waals surface area contributed by atoms with E-state index < -0.39 is 6.17 Å². The van der Waals surface area contributed by atoms with Gasteiger partial charge in [-0.3, -0.25) is 0 Å². The number of hydrogen-bond donors (Lipinski definition) is 0. The Bertz CT molecular complexity index is 706. The number of hydrogen-bond acceptors (Lipinski definition) is 2. The van der Waals surface area contributed by atoms with Crippen molar-refractivity contribution >= 4 is 0 Å². The van der Waals surface area contributed by atoms with Gasteiger partial charge in [0.15, 0.2) is 0 Å². The predicted molar refractivity (Wildman–Crippen MR) is 115 cm³/mol. The lowest BCUT2D eigenvalue weighted by atomic mass is 10.0. The SMILES string of the molecule is CC#N.CCCN(CCCc1ccc(C2CC2F)cc1)CCc1ccccc1. The number of nitriles is 1. The van der Waals surface area contributed by atoms with Crippen LogP contribution >= 0.6 is 0 Å². The van der Waals surface area contributed by atoms with Gasteiger partial charge in [-0.2, -0.15) is 5.26 Å². The van der Waals surface area contributed by atoms with Gasteiger partial charge in [-0.1, -0.05) is 61.5 Å². The molecule has 2 nitrogen and oxygen atoms in total. The van der Waals surface area contributed by atoms with E-state index in [-0.39, 0.29) is 5.92 Å². The molecule has 0 aromatic heterocycles. The van der Waals surface area contributed by atoms with Crippen molar-refractivity contribution in [1.82, 2.24) is 4.90 Å². The van der Waals surface area contributed by atoms with Crippen molar-refractivity contribution < 1.29 is 4.39 Å². The maximum Gasteiger partial charge on any atom is 0.108 e. The molecule has 0 bridgehead atoms. The Labute approximate surface area is 170 Å². The van der Waals surface area contributed by atoms with Crippen LogP contribution in [0.4, 0.5) is 4.39 Å². The molecule has 2 atom stereocenters. The zero-order valence-corrected chi connectivity index (χ0v) is 17.3. The van der Waals surface area contributed by atoms with Gasteiger partial charge in [-0.25, -0.2) is 4.39 Å². The summed E-state index contributed by atoms with van der Waals surface area (Å²) in [5.74, 6) is 0.173. The van der Waals surface area contributed by atoms with Gasteiger partial charge in [0.25, 0.3) is 0 Å². The Morgan fingerprint density at radius 2 is 1.57 bits per heavy atom. The predicted octanol–water partition coefficient (Wildman–Crippen LogP) is 5.93. The monoisotopic (exact) mass is 380 g/mol. The number of benzene rings is 2. The minimum absolute atomic E-state index is 0.173. The van der Waals surface area contributed by atoms with Gasteiger partial charge in [0.05, 0.1) is 6.07 Å². The van der Waals surface area contributed by atoms with Gasteiger partial charge in [0, 0.05) is 19.4 Å². The molecule has 150 valence electrons. The van der Waals surface area contributed by atoms with Crippen LogP contribution < -0.4 is 0 Å². The molecule has 1 aliphatic carbocycles. The zero-order chi connectivity index (χ0) is 20.2. The summed E-state index contributed by atoms with van der Waals surface area (Å²) in [4.78, 5) is 2.58. The van der Waals surface area contributed by atoms with Crippen LogP contribution in [0.2, 0.25) is 0 Å². The number of nitrogens with zero attached hydrogens (tertiary/aromatic N) is 2. The van der Waals surface area contributed by atoms with Crippen LogP contribution in [0.15, 0.2) is 54.6 Å². The van der Waals surface area contributed by atoms with E-state index in [1.54, 1.807) is 6.07 Å². The Balaban J connectivity index is 0.000000878. The molecule has 0 spiro atoms. The third kappa shape index (κ3) is 7.82. The first-order chi connectivity index (χ1) is 13.7. The summed E-state index contributed by atoms with van der Waals surface area (Å²) in [5, 5.41) is 7.32. The third-order valence-corrected chi connectivity index (χ3v) is 5.16. The summed E-state index contributed by atoms with van der Waals surface area (Å²) in [6.45, 7) is 7.14. The van der Waals surface area contributed by atoms with Crippen LogP contribution in [0.25, 0.3) is 0 Å². The molecule has 1 aliphatic rings. The second kappa shape index (κ2) is 12.3. The first kappa shape index (κ1) is 22.1. The lowest BCUT2D eigenvalue weighted by molar-refractivity contribution is 0.274. The first-order valence-electron chi connectivity index (χ1n) is 10.5. The smallest absolute Gasteiger partial charge is 0.108 e. The van der Waals surface area contributed by atoms with E-state index in [9.17, 15) is 4.39 Å². The topological polar surface area (TPSA) is 27.0 Å². The summed E-state index contributed by atoms with van der Waals surface area (Å²) in [7, 11) is 0. The van der Waals surface area contributed by atoms with Crippen LogP contribution in [0.3, 0.4) is 0 Å². The van der Waals surface area contributed by atoms with Crippen LogP contribution in [-0.4, -0.2) is 30.7 Å². The van der Waals surface area contributed by atoms with Crippen LogP contribution in [0.1, 0.15) is 55.7 Å². The maximum absolute atomic E-state index is 13.1. The molecular weight excluding hydrogens is 347 g/mol. The molecule has 0 heterocycles. The molecule has 0 amide bonds. The van der Waals surface area contributed by atoms with Crippen molar-refractivity contribution in [1.29, 1.82) is 5.26 Å². The Morgan fingerprint density at radius 1 is 0.964 bits per heavy atom. The van der Waals surface area contributed by atoms with Crippen molar-refractivity contribution in [2.75, 3.05) is 19.6 Å². The highest BCUT2D eigenvalue weighted by atomic mass is 19.1. The minimum Gasteiger partial charge on any atom is -0.303 e. The molecule has 1 saturated carbocycles. The largest absolute Gasteiger partial charge is 0.303 e. The maximum atomic E-state index is 13.1. The van der Waals surface area contributed by atoms with Crippen LogP contribution in [0, 0.1) is 11.3 Å². The van der Waals surface area contributed by atoms with Crippen molar-refractivity contribution in [2.24, 2.45) is 0 Å². The molecule has 3 rings (SSSR count). The Hall–Kier alpha value is -2.18. The fourth-order valence-corrected chi connectivity index (χ4v) is 3.53. The Morgan fingerprint density at radius 3 is 2.14 bits per heavy atom. The molecule has 2 aromatic rings. The number of aryl methyl sites for hydroxylation is 1. The normalized spacial score (nSPS) is 17.5. The van der Waals surface area contributed by atoms with E-state index in [0.717, 1.165) is 25.9 Å². The van der Waals surface area contributed by atoms with Gasteiger partial charge >= 0.3 is 0 Å². The highest BCUT2D eigenvalue weighted by molar-refractivity contribution is 5.30. The Kier molecular flexibility index (Phi) is 9.72. The first-order valence-corrected chi connectivity index (χ1v) is 10.5. The van der Waals surface area contributed by atoms with Crippen LogP contribution in [-0.2, 0) is 12.8 Å². The highest BCUT2D eigenvalue weighted by Gasteiger charge is 2.38. The van der Waals surface area contributed by atoms with Crippen molar-refractivity contribution in [2.45, 2.75) is 58.0 Å². The molecule has 0 aliphatic heterocycles. The molecular formula is C25H33FN2. The quantitative estimate of drug-likeness (QED) is 0.511. The molecule has 0 saturated heterocycles. The van der Waals surface area contributed by atoms with Crippen molar-refractivity contribution in [3.8, 4) is 6.07 Å². The standard InChI is InChI=1S/C23H30FN.C2H3N/c1-2-15-25(17-14-19-7-4-3-5-8-19)16-6-9-20-10-12-21(13-11-20)22-18-23(22)24;1-2-3/h3-5,7-8,10-13,22-23H,2,6,9,14-18H2,1H3;1H3. The average Bonchev–Trinajstić information content (AvgIpc) is 3.45. The van der Waals surface area contributed by atoms with E-state index in [1.807, 2.05) is 0 Å². The number of alkyl halides is 1. The van der Waals surface area contributed by atoms with E-state index in [0.29, 0.717) is 6.42 Å². The molecule has 0 N–H and O–H groups in total. The molecule has 0 radical (unpaired) electrons. The van der Waals surface area contributed by atoms with Gasteiger partial charge in [-0.05, 0) is 61.9 Å². The van der Waals surface area contributed by atoms with E-state index >= 15 is 0 Å². The molecule has 2 aromatic carbocycles. The lowest BCUT2D eigenvalue weighted by Crippen LogP contribution is -2.28. The summed E-state index contributed by atoms with van der Waals surface area (Å²) >= 11 is 0. The summed E-state index contributed by atoms with van der Waals surface area (Å²) in [6.07, 6.45) is 4.74. The summed E-state index contributed by atoms with van der Waals surface area (Å²) in [5.41, 5.74) is 3.97. The minimum atomic E-state index is -0.599. The molecule has 2 unspecified atom stereocenters. The fourth-order valence-electron chi connectivity index (χ4n) is 3.53.